The largest absolute Gasteiger partial charge is 0.271 e. The Morgan fingerprint density at radius 1 is 1.47 bits per heavy atom. The fraction of sp³-hybridized carbons (Fsp3) is 0.857. The molecule has 1 aromatic heterocycles. The molecule has 3 N–H and O–H groups in total. The maximum Gasteiger partial charge on any atom is 0.0772 e. The minimum absolute atomic E-state index is 0.178. The Bertz CT molecular complexity index is 388. The molecule has 0 saturated heterocycles. The van der Waals surface area contributed by atoms with Crippen molar-refractivity contribution >= 4 is 0 Å². The van der Waals surface area contributed by atoms with E-state index in [1.165, 1.54) is 25.7 Å². The lowest BCUT2D eigenvalue weighted by Crippen LogP contribution is -2.37. The molecule has 1 fully saturated rings. The van der Waals surface area contributed by atoms with Gasteiger partial charge in [0.2, 0.25) is 0 Å². The molecule has 0 spiro atoms. The highest BCUT2D eigenvalue weighted by atomic mass is 15.4. The second kappa shape index (κ2) is 6.01. The van der Waals surface area contributed by atoms with Crippen LogP contribution in [0.25, 0.3) is 0 Å². The summed E-state index contributed by atoms with van der Waals surface area (Å²) in [6, 6.07) is 0.178. The molecule has 108 valence electrons. The van der Waals surface area contributed by atoms with Crippen LogP contribution in [0, 0.1) is 11.3 Å². The fourth-order valence-electron chi connectivity index (χ4n) is 3.11. The lowest BCUT2D eigenvalue weighted by Gasteiger charge is -2.37. The third kappa shape index (κ3) is 3.34. The minimum Gasteiger partial charge on any atom is -0.271 e. The van der Waals surface area contributed by atoms with Crippen molar-refractivity contribution in [1.29, 1.82) is 0 Å². The van der Waals surface area contributed by atoms with E-state index in [4.69, 9.17) is 5.84 Å². The second-order valence-electron chi connectivity index (χ2n) is 6.53. The topological polar surface area (TPSA) is 68.8 Å². The Kier molecular flexibility index (Phi) is 4.58. The highest BCUT2D eigenvalue weighted by molar-refractivity contribution is 5.05. The van der Waals surface area contributed by atoms with Gasteiger partial charge in [0.05, 0.1) is 17.9 Å². The maximum absolute atomic E-state index is 5.81. The molecular formula is C14H27N5. The van der Waals surface area contributed by atoms with Gasteiger partial charge in [-0.15, -0.1) is 5.10 Å². The normalized spacial score (nSPS) is 21.5. The summed E-state index contributed by atoms with van der Waals surface area (Å²) >= 11 is 0. The van der Waals surface area contributed by atoms with E-state index in [0.29, 0.717) is 11.3 Å². The Morgan fingerprint density at radius 3 is 2.74 bits per heavy atom. The van der Waals surface area contributed by atoms with E-state index in [1.807, 2.05) is 10.9 Å². The first-order chi connectivity index (χ1) is 9.07. The first-order valence-electron chi connectivity index (χ1n) is 7.42. The standard InChI is InChI=1S/C14H27N5/c1-4-9-19-12(10-16-18-19)13(17-15)11-5-7-14(2,3)8-6-11/h10-11,13,17H,4-9,15H2,1-3H3. The average Bonchev–Trinajstić information content (AvgIpc) is 2.81. The molecule has 0 aliphatic heterocycles. The van der Waals surface area contributed by atoms with E-state index in [1.54, 1.807) is 0 Å². The SMILES string of the molecule is CCCn1nncc1C(NN)C1CCC(C)(C)CC1. The number of hydrazine groups is 1. The van der Waals surface area contributed by atoms with Gasteiger partial charge < -0.3 is 0 Å². The van der Waals surface area contributed by atoms with Crippen molar-refractivity contribution in [2.24, 2.45) is 17.2 Å². The zero-order chi connectivity index (χ0) is 13.9. The predicted molar refractivity (Wildman–Crippen MR) is 76.1 cm³/mol. The smallest absolute Gasteiger partial charge is 0.0772 e. The van der Waals surface area contributed by atoms with E-state index in [2.05, 4.69) is 36.5 Å². The first kappa shape index (κ1) is 14.5. The molecule has 1 aromatic rings. The number of aromatic nitrogens is 3. The van der Waals surface area contributed by atoms with Crippen molar-refractivity contribution in [1.82, 2.24) is 20.4 Å². The summed E-state index contributed by atoms with van der Waals surface area (Å²) in [5, 5.41) is 8.22. The number of nitrogens with two attached hydrogens (primary N) is 1. The molecule has 0 aromatic carbocycles. The van der Waals surface area contributed by atoms with Crippen LogP contribution in [0.2, 0.25) is 0 Å². The molecule has 1 heterocycles. The number of hydrogen-bond acceptors (Lipinski definition) is 4. The van der Waals surface area contributed by atoms with Crippen molar-refractivity contribution in [2.45, 2.75) is 65.5 Å². The molecule has 1 atom stereocenters. The number of rotatable bonds is 5. The number of hydrogen-bond donors (Lipinski definition) is 2. The number of nitrogens with one attached hydrogen (secondary N) is 1. The molecule has 5 nitrogen and oxygen atoms in total. The van der Waals surface area contributed by atoms with Gasteiger partial charge in [-0.2, -0.15) is 0 Å². The summed E-state index contributed by atoms with van der Waals surface area (Å²) in [6.45, 7) is 7.78. The first-order valence-corrected chi connectivity index (χ1v) is 7.42. The third-order valence-electron chi connectivity index (χ3n) is 4.44. The van der Waals surface area contributed by atoms with Gasteiger partial charge in [0.1, 0.15) is 0 Å². The molecule has 0 radical (unpaired) electrons. The van der Waals surface area contributed by atoms with Crippen molar-refractivity contribution in [3.8, 4) is 0 Å². The molecule has 0 bridgehead atoms. The summed E-state index contributed by atoms with van der Waals surface area (Å²) in [5.74, 6) is 6.40. The van der Waals surface area contributed by atoms with Gasteiger partial charge in [0.25, 0.3) is 0 Å². The highest BCUT2D eigenvalue weighted by Gasteiger charge is 2.33. The predicted octanol–water partition coefficient (Wildman–Crippen LogP) is 2.41. The van der Waals surface area contributed by atoms with Gasteiger partial charge in [0, 0.05) is 6.54 Å². The Morgan fingerprint density at radius 2 is 2.16 bits per heavy atom. The van der Waals surface area contributed by atoms with Crippen LogP contribution in [0.5, 0.6) is 0 Å². The number of aryl methyl sites for hydroxylation is 1. The van der Waals surface area contributed by atoms with E-state index in [-0.39, 0.29) is 6.04 Å². The van der Waals surface area contributed by atoms with Gasteiger partial charge in [-0.05, 0) is 43.4 Å². The lowest BCUT2D eigenvalue weighted by molar-refractivity contribution is 0.158. The Labute approximate surface area is 115 Å². The molecule has 19 heavy (non-hydrogen) atoms. The van der Waals surface area contributed by atoms with Gasteiger partial charge in [-0.3, -0.25) is 11.3 Å². The molecule has 0 amide bonds. The monoisotopic (exact) mass is 265 g/mol. The van der Waals surface area contributed by atoms with E-state index < -0.39 is 0 Å². The molecule has 2 rings (SSSR count). The molecule has 1 unspecified atom stereocenters. The van der Waals surface area contributed by atoms with Crippen LogP contribution in [-0.2, 0) is 6.54 Å². The molecular weight excluding hydrogens is 238 g/mol. The lowest BCUT2D eigenvalue weighted by atomic mass is 9.71. The van der Waals surface area contributed by atoms with Crippen LogP contribution in [0.1, 0.15) is 64.6 Å². The van der Waals surface area contributed by atoms with Crippen molar-refractivity contribution in [3.63, 3.8) is 0 Å². The zero-order valence-electron chi connectivity index (χ0n) is 12.4. The number of nitrogens with zero attached hydrogens (tertiary/aromatic N) is 3. The van der Waals surface area contributed by atoms with E-state index in [0.717, 1.165) is 18.7 Å². The van der Waals surface area contributed by atoms with Crippen LogP contribution < -0.4 is 11.3 Å². The van der Waals surface area contributed by atoms with Gasteiger partial charge in [-0.1, -0.05) is 26.0 Å². The molecule has 1 aliphatic rings. The highest BCUT2D eigenvalue weighted by Crippen LogP contribution is 2.42. The van der Waals surface area contributed by atoms with Gasteiger partial charge in [-0.25, -0.2) is 4.68 Å². The van der Waals surface area contributed by atoms with Gasteiger partial charge in [0.15, 0.2) is 0 Å². The average molecular weight is 265 g/mol. The van der Waals surface area contributed by atoms with E-state index >= 15 is 0 Å². The summed E-state index contributed by atoms with van der Waals surface area (Å²) < 4.78 is 1.99. The van der Waals surface area contributed by atoms with Crippen LogP contribution in [0.4, 0.5) is 0 Å². The van der Waals surface area contributed by atoms with Crippen molar-refractivity contribution < 1.29 is 0 Å². The van der Waals surface area contributed by atoms with Crippen LogP contribution >= 0.6 is 0 Å². The van der Waals surface area contributed by atoms with Crippen molar-refractivity contribution in [2.75, 3.05) is 0 Å². The van der Waals surface area contributed by atoms with Crippen LogP contribution in [0.3, 0.4) is 0 Å². The van der Waals surface area contributed by atoms with Crippen molar-refractivity contribution in [3.05, 3.63) is 11.9 Å². The van der Waals surface area contributed by atoms with Crippen LogP contribution in [-0.4, -0.2) is 15.0 Å². The molecule has 1 aliphatic carbocycles. The molecule has 5 heteroatoms. The Balaban J connectivity index is 2.09. The Hall–Kier alpha value is -0.940. The molecule has 1 saturated carbocycles. The summed E-state index contributed by atoms with van der Waals surface area (Å²) in [4.78, 5) is 0. The van der Waals surface area contributed by atoms with Crippen LogP contribution in [0.15, 0.2) is 6.20 Å². The minimum atomic E-state index is 0.178. The summed E-state index contributed by atoms with van der Waals surface area (Å²) in [6.07, 6.45) is 7.90. The fourth-order valence-corrected chi connectivity index (χ4v) is 3.11. The van der Waals surface area contributed by atoms with Gasteiger partial charge >= 0.3 is 0 Å². The second-order valence-corrected chi connectivity index (χ2v) is 6.53. The third-order valence-corrected chi connectivity index (χ3v) is 4.44. The maximum atomic E-state index is 5.81. The summed E-state index contributed by atoms with van der Waals surface area (Å²) in [7, 11) is 0. The quantitative estimate of drug-likeness (QED) is 0.633. The zero-order valence-corrected chi connectivity index (χ0v) is 12.4. The summed E-state index contributed by atoms with van der Waals surface area (Å²) in [5.41, 5.74) is 4.62. The van der Waals surface area contributed by atoms with E-state index in [9.17, 15) is 0 Å².